The van der Waals surface area contributed by atoms with Crippen LogP contribution in [0.2, 0.25) is 0 Å². The van der Waals surface area contributed by atoms with E-state index in [0.717, 1.165) is 12.8 Å². The van der Waals surface area contributed by atoms with E-state index in [1.807, 2.05) is 13.1 Å². The summed E-state index contributed by atoms with van der Waals surface area (Å²) in [6, 6.07) is 14.6. The number of hydrogen-bond donors (Lipinski definition) is 1. The lowest BCUT2D eigenvalue weighted by Gasteiger charge is -2.24. The van der Waals surface area contributed by atoms with E-state index in [2.05, 4.69) is 28.4 Å². The maximum absolute atomic E-state index is 13.1. The molecule has 0 aromatic heterocycles. The number of nitrogens with zero attached hydrogens (tertiary/aromatic N) is 1. The highest BCUT2D eigenvalue weighted by Gasteiger charge is 2.26. The van der Waals surface area contributed by atoms with E-state index in [-0.39, 0.29) is 24.3 Å². The van der Waals surface area contributed by atoms with Crippen LogP contribution in [0.25, 0.3) is 0 Å². The molecule has 1 aliphatic rings. The van der Waals surface area contributed by atoms with Crippen molar-refractivity contribution in [1.29, 1.82) is 0 Å². The molecule has 22 heavy (non-hydrogen) atoms. The van der Waals surface area contributed by atoms with Gasteiger partial charge in [0.25, 0.3) is 0 Å². The molecule has 0 saturated heterocycles. The van der Waals surface area contributed by atoms with Crippen molar-refractivity contribution < 1.29 is 9.18 Å². The summed E-state index contributed by atoms with van der Waals surface area (Å²) in [6.45, 7) is 0.287. The minimum absolute atomic E-state index is 0.127. The molecule has 2 aromatic carbocycles. The van der Waals surface area contributed by atoms with Crippen LogP contribution in [0.1, 0.15) is 23.6 Å². The molecule has 1 aliphatic carbocycles. The summed E-state index contributed by atoms with van der Waals surface area (Å²) in [5.41, 5.74) is 3.17. The highest BCUT2D eigenvalue weighted by atomic mass is 19.1. The van der Waals surface area contributed by atoms with Crippen LogP contribution in [0.5, 0.6) is 0 Å². The maximum atomic E-state index is 13.1. The molecular weight excluding hydrogens is 279 g/mol. The molecule has 3 nitrogen and oxygen atoms in total. The zero-order chi connectivity index (χ0) is 15.5. The fourth-order valence-electron chi connectivity index (χ4n) is 3.10. The number of aryl methyl sites for hydroxylation is 1. The molecule has 0 fully saturated rings. The predicted octanol–water partition coefficient (Wildman–Crippen LogP) is 3.38. The fraction of sp³-hybridized carbons (Fsp3) is 0.278. The number of fused-ring (bicyclic) bond motifs is 1. The molecule has 0 saturated carbocycles. The SMILES string of the molecule is CN(CC(=O)Nc1cccc(F)c1)[C@@H]1CCc2ccccc21. The van der Waals surface area contributed by atoms with Crippen molar-refractivity contribution in [3.8, 4) is 0 Å². The first-order valence-electron chi connectivity index (χ1n) is 7.47. The second-order valence-corrected chi connectivity index (χ2v) is 5.73. The zero-order valence-corrected chi connectivity index (χ0v) is 12.6. The smallest absolute Gasteiger partial charge is 0.238 e. The molecule has 0 heterocycles. The molecule has 114 valence electrons. The number of nitrogens with one attached hydrogen (secondary N) is 1. The number of benzene rings is 2. The molecule has 1 N–H and O–H groups in total. The Hall–Kier alpha value is -2.20. The molecule has 0 spiro atoms. The first-order chi connectivity index (χ1) is 10.6. The van der Waals surface area contributed by atoms with Crippen LogP contribution in [-0.4, -0.2) is 24.4 Å². The topological polar surface area (TPSA) is 32.3 Å². The molecular formula is C18H19FN2O. The van der Waals surface area contributed by atoms with Gasteiger partial charge in [-0.15, -0.1) is 0 Å². The van der Waals surface area contributed by atoms with Crippen molar-refractivity contribution in [2.45, 2.75) is 18.9 Å². The summed E-state index contributed by atoms with van der Waals surface area (Å²) in [5, 5.41) is 2.74. The number of halogens is 1. The number of likely N-dealkylation sites (N-methyl/N-ethyl adjacent to an activating group) is 1. The normalized spacial score (nSPS) is 16.6. The van der Waals surface area contributed by atoms with Gasteiger partial charge in [0.1, 0.15) is 5.82 Å². The van der Waals surface area contributed by atoms with Gasteiger partial charge in [0, 0.05) is 11.7 Å². The zero-order valence-electron chi connectivity index (χ0n) is 12.6. The van der Waals surface area contributed by atoms with E-state index < -0.39 is 0 Å². The first-order valence-corrected chi connectivity index (χ1v) is 7.47. The van der Waals surface area contributed by atoms with E-state index in [1.54, 1.807) is 12.1 Å². The summed E-state index contributed by atoms with van der Waals surface area (Å²) in [5.74, 6) is -0.478. The minimum atomic E-state index is -0.351. The standard InChI is InChI=1S/C18H19FN2O/c1-21(17-10-9-13-5-2-3-8-16(13)17)12-18(22)20-15-7-4-6-14(19)11-15/h2-8,11,17H,9-10,12H2,1H3,(H,20,22)/t17-/m1/s1. The van der Waals surface area contributed by atoms with Crippen molar-refractivity contribution in [3.63, 3.8) is 0 Å². The average molecular weight is 298 g/mol. The molecule has 0 radical (unpaired) electrons. The van der Waals surface area contributed by atoms with Gasteiger partial charge in [0.05, 0.1) is 6.54 Å². The number of rotatable bonds is 4. The molecule has 1 atom stereocenters. The van der Waals surface area contributed by atoms with Gasteiger partial charge in [-0.3, -0.25) is 9.69 Å². The van der Waals surface area contributed by atoms with Crippen LogP contribution in [0, 0.1) is 5.82 Å². The third-order valence-electron chi connectivity index (χ3n) is 4.13. The largest absolute Gasteiger partial charge is 0.325 e. The van der Waals surface area contributed by atoms with Crippen molar-refractivity contribution in [1.82, 2.24) is 4.90 Å². The third kappa shape index (κ3) is 3.17. The van der Waals surface area contributed by atoms with E-state index in [1.165, 1.54) is 23.3 Å². The lowest BCUT2D eigenvalue weighted by atomic mass is 10.1. The second kappa shape index (κ2) is 6.28. The van der Waals surface area contributed by atoms with Crippen LogP contribution in [0.3, 0.4) is 0 Å². The highest BCUT2D eigenvalue weighted by Crippen LogP contribution is 2.34. The lowest BCUT2D eigenvalue weighted by molar-refractivity contribution is -0.117. The molecule has 2 aromatic rings. The Bertz CT molecular complexity index is 686. The minimum Gasteiger partial charge on any atom is -0.325 e. The van der Waals surface area contributed by atoms with Gasteiger partial charge in [-0.25, -0.2) is 4.39 Å². The summed E-state index contributed by atoms with van der Waals surface area (Å²) in [6.07, 6.45) is 2.08. The molecule has 0 bridgehead atoms. The maximum Gasteiger partial charge on any atom is 0.238 e. The van der Waals surface area contributed by atoms with Crippen LogP contribution in [-0.2, 0) is 11.2 Å². The summed E-state index contributed by atoms with van der Waals surface area (Å²) < 4.78 is 13.1. The van der Waals surface area contributed by atoms with E-state index in [9.17, 15) is 9.18 Å². The fourth-order valence-corrected chi connectivity index (χ4v) is 3.10. The Morgan fingerprint density at radius 1 is 1.27 bits per heavy atom. The quantitative estimate of drug-likeness (QED) is 0.938. The van der Waals surface area contributed by atoms with E-state index >= 15 is 0 Å². The number of amides is 1. The highest BCUT2D eigenvalue weighted by molar-refractivity contribution is 5.92. The van der Waals surface area contributed by atoms with Gasteiger partial charge in [-0.05, 0) is 49.2 Å². The molecule has 0 aliphatic heterocycles. The molecule has 4 heteroatoms. The van der Waals surface area contributed by atoms with Crippen LogP contribution >= 0.6 is 0 Å². The summed E-state index contributed by atoms with van der Waals surface area (Å²) in [7, 11) is 1.96. The number of anilines is 1. The Morgan fingerprint density at radius 2 is 2.09 bits per heavy atom. The van der Waals surface area contributed by atoms with Crippen molar-refractivity contribution >= 4 is 11.6 Å². The van der Waals surface area contributed by atoms with E-state index in [0.29, 0.717) is 5.69 Å². The lowest BCUT2D eigenvalue weighted by Crippen LogP contribution is -2.32. The van der Waals surface area contributed by atoms with Crippen molar-refractivity contribution in [2.24, 2.45) is 0 Å². The Morgan fingerprint density at radius 3 is 2.91 bits per heavy atom. The van der Waals surface area contributed by atoms with Crippen molar-refractivity contribution in [3.05, 3.63) is 65.5 Å². The van der Waals surface area contributed by atoms with Gasteiger partial charge in [0.15, 0.2) is 0 Å². The average Bonchev–Trinajstić information content (AvgIpc) is 2.91. The molecule has 0 unspecified atom stereocenters. The van der Waals surface area contributed by atoms with Crippen LogP contribution < -0.4 is 5.32 Å². The van der Waals surface area contributed by atoms with Gasteiger partial charge in [-0.1, -0.05) is 30.3 Å². The number of carbonyl (C=O) groups is 1. The van der Waals surface area contributed by atoms with Gasteiger partial charge < -0.3 is 5.32 Å². The number of hydrogen-bond acceptors (Lipinski definition) is 2. The van der Waals surface area contributed by atoms with E-state index in [4.69, 9.17) is 0 Å². The van der Waals surface area contributed by atoms with Crippen LogP contribution in [0.4, 0.5) is 10.1 Å². The summed E-state index contributed by atoms with van der Waals surface area (Å²) >= 11 is 0. The molecule has 1 amide bonds. The Kier molecular flexibility index (Phi) is 4.20. The van der Waals surface area contributed by atoms with Gasteiger partial charge in [-0.2, -0.15) is 0 Å². The predicted molar refractivity (Wildman–Crippen MR) is 85.2 cm³/mol. The van der Waals surface area contributed by atoms with Gasteiger partial charge in [0.2, 0.25) is 5.91 Å². The number of carbonyl (C=O) groups excluding carboxylic acids is 1. The van der Waals surface area contributed by atoms with Crippen LogP contribution in [0.15, 0.2) is 48.5 Å². The summed E-state index contributed by atoms with van der Waals surface area (Å²) in [4.78, 5) is 14.2. The second-order valence-electron chi connectivity index (χ2n) is 5.73. The van der Waals surface area contributed by atoms with Gasteiger partial charge >= 0.3 is 0 Å². The van der Waals surface area contributed by atoms with Crippen molar-refractivity contribution in [2.75, 3.05) is 18.9 Å². The monoisotopic (exact) mass is 298 g/mol. The Balaban J connectivity index is 1.62. The first kappa shape index (κ1) is 14.7. The third-order valence-corrected chi connectivity index (χ3v) is 4.13. The Labute approximate surface area is 129 Å². The molecule has 3 rings (SSSR count).